The molecule has 1 rings (SSSR count). The predicted molar refractivity (Wildman–Crippen MR) is 60.3 cm³/mol. The maximum absolute atomic E-state index is 4.29. The van der Waals surface area contributed by atoms with E-state index in [4.69, 9.17) is 0 Å². The van der Waals surface area contributed by atoms with Crippen LogP contribution in [0.15, 0.2) is 16.2 Å². The zero-order valence-corrected chi connectivity index (χ0v) is 9.15. The average molecular weight is 192 g/mol. The molecule has 1 aromatic rings. The third kappa shape index (κ3) is 2.07. The Balaban J connectivity index is 3.19. The Morgan fingerprint density at radius 1 is 1.50 bits per heavy atom. The quantitative estimate of drug-likeness (QED) is 0.664. The van der Waals surface area contributed by atoms with Crippen LogP contribution in [0.25, 0.3) is 0 Å². The fourth-order valence-electron chi connectivity index (χ4n) is 1.04. The van der Waals surface area contributed by atoms with Crippen LogP contribution in [0.5, 0.6) is 0 Å². The van der Waals surface area contributed by atoms with Crippen molar-refractivity contribution in [2.45, 2.75) is 33.2 Å². The van der Waals surface area contributed by atoms with E-state index in [0.29, 0.717) is 5.82 Å². The first-order valence-corrected chi connectivity index (χ1v) is 4.54. The molecular formula is C10H16N4. The summed E-state index contributed by atoms with van der Waals surface area (Å²) in [6.45, 7) is 11.6. The van der Waals surface area contributed by atoms with Crippen molar-refractivity contribution in [2.75, 3.05) is 0 Å². The molecule has 0 saturated heterocycles. The van der Waals surface area contributed by atoms with Crippen molar-refractivity contribution in [3.63, 3.8) is 0 Å². The largest absolute Gasteiger partial charge is 0.263 e. The van der Waals surface area contributed by atoms with Crippen LogP contribution in [0.1, 0.15) is 27.7 Å². The zero-order valence-electron chi connectivity index (χ0n) is 9.15. The Bertz CT molecular complexity index is 355. The number of aliphatic imine (C=N–C) groups is 2. The second-order valence-corrected chi connectivity index (χ2v) is 4.00. The molecule has 4 nitrogen and oxygen atoms in total. The lowest BCUT2D eigenvalue weighted by molar-refractivity contribution is 0.356. The molecule has 0 aromatic carbocycles. The number of hydrogen-bond donors (Lipinski definition) is 0. The van der Waals surface area contributed by atoms with Crippen LogP contribution in [0.4, 0.5) is 11.5 Å². The lowest BCUT2D eigenvalue weighted by atomic mass is 10.1. The van der Waals surface area contributed by atoms with Crippen LogP contribution in [0.3, 0.4) is 0 Å². The highest BCUT2D eigenvalue weighted by molar-refractivity contribution is 5.67. The third-order valence-electron chi connectivity index (χ3n) is 1.78. The standard InChI is InChI=1S/C10H16N4/c1-6-12-8-7-14(10(2,3)4)13-9(8)11-5/h6-7H,5H2,1-4H3. The van der Waals surface area contributed by atoms with E-state index in [0.717, 1.165) is 5.69 Å². The van der Waals surface area contributed by atoms with Crippen molar-refractivity contribution in [1.82, 2.24) is 9.78 Å². The van der Waals surface area contributed by atoms with Gasteiger partial charge in [-0.25, -0.2) is 4.99 Å². The van der Waals surface area contributed by atoms with Gasteiger partial charge in [-0.1, -0.05) is 0 Å². The highest BCUT2D eigenvalue weighted by Crippen LogP contribution is 2.28. The van der Waals surface area contributed by atoms with Gasteiger partial charge in [0.25, 0.3) is 0 Å². The summed E-state index contributed by atoms with van der Waals surface area (Å²) >= 11 is 0. The van der Waals surface area contributed by atoms with Gasteiger partial charge in [-0.2, -0.15) is 5.10 Å². The van der Waals surface area contributed by atoms with E-state index in [9.17, 15) is 0 Å². The smallest absolute Gasteiger partial charge is 0.199 e. The molecule has 0 saturated carbocycles. The highest BCUT2D eigenvalue weighted by atomic mass is 15.3. The van der Waals surface area contributed by atoms with Crippen molar-refractivity contribution >= 4 is 24.4 Å². The number of aromatic nitrogens is 2. The van der Waals surface area contributed by atoms with E-state index in [1.165, 1.54) is 0 Å². The molecule has 0 fully saturated rings. The summed E-state index contributed by atoms with van der Waals surface area (Å²) in [6, 6.07) is 0. The van der Waals surface area contributed by atoms with Gasteiger partial charge >= 0.3 is 0 Å². The minimum absolute atomic E-state index is 0.0546. The van der Waals surface area contributed by atoms with Crippen LogP contribution in [-0.4, -0.2) is 22.7 Å². The highest BCUT2D eigenvalue weighted by Gasteiger charge is 2.16. The lowest BCUT2D eigenvalue weighted by Gasteiger charge is -2.18. The molecule has 0 spiro atoms. The Morgan fingerprint density at radius 2 is 2.14 bits per heavy atom. The van der Waals surface area contributed by atoms with Gasteiger partial charge in [-0.15, -0.1) is 0 Å². The summed E-state index contributed by atoms with van der Waals surface area (Å²) in [7, 11) is 0. The van der Waals surface area contributed by atoms with Gasteiger partial charge in [0.1, 0.15) is 5.69 Å². The van der Waals surface area contributed by atoms with E-state index in [1.54, 1.807) is 6.21 Å². The maximum atomic E-state index is 4.29. The van der Waals surface area contributed by atoms with Crippen LogP contribution in [-0.2, 0) is 5.54 Å². The monoisotopic (exact) mass is 192 g/mol. The number of nitrogens with zero attached hydrogens (tertiary/aromatic N) is 4. The first kappa shape index (κ1) is 10.6. The molecule has 76 valence electrons. The molecule has 0 bridgehead atoms. The van der Waals surface area contributed by atoms with Gasteiger partial charge in [-0.05, 0) is 34.4 Å². The summed E-state index contributed by atoms with van der Waals surface area (Å²) in [6.07, 6.45) is 3.60. The molecule has 0 radical (unpaired) electrons. The van der Waals surface area contributed by atoms with Crippen molar-refractivity contribution in [2.24, 2.45) is 9.98 Å². The second-order valence-electron chi connectivity index (χ2n) is 4.00. The molecule has 0 unspecified atom stereocenters. The van der Waals surface area contributed by atoms with Gasteiger partial charge in [0, 0.05) is 6.21 Å². The van der Waals surface area contributed by atoms with Crippen LogP contribution >= 0.6 is 0 Å². The molecule has 4 heteroatoms. The van der Waals surface area contributed by atoms with E-state index in [1.807, 2.05) is 17.8 Å². The molecule has 0 aliphatic heterocycles. The molecule has 0 N–H and O–H groups in total. The minimum atomic E-state index is -0.0546. The van der Waals surface area contributed by atoms with E-state index >= 15 is 0 Å². The first-order valence-electron chi connectivity index (χ1n) is 4.54. The second kappa shape index (κ2) is 3.74. The van der Waals surface area contributed by atoms with Crippen LogP contribution in [0.2, 0.25) is 0 Å². The predicted octanol–water partition coefficient (Wildman–Crippen LogP) is 2.69. The molecule has 0 atom stereocenters. The maximum Gasteiger partial charge on any atom is 0.199 e. The Morgan fingerprint density at radius 3 is 2.57 bits per heavy atom. The summed E-state index contributed by atoms with van der Waals surface area (Å²) in [5.41, 5.74) is 0.707. The summed E-state index contributed by atoms with van der Waals surface area (Å²) in [5, 5.41) is 4.29. The van der Waals surface area contributed by atoms with Gasteiger partial charge in [0.2, 0.25) is 0 Å². The minimum Gasteiger partial charge on any atom is -0.263 e. The number of hydrogen-bond acceptors (Lipinski definition) is 3. The summed E-state index contributed by atoms with van der Waals surface area (Å²) in [5.74, 6) is 0.582. The molecule has 1 heterocycles. The molecule has 1 aromatic heterocycles. The zero-order chi connectivity index (χ0) is 10.8. The SMILES string of the molecule is C=Nc1nn(C(C)(C)C)cc1N=CC. The van der Waals surface area contributed by atoms with E-state index < -0.39 is 0 Å². The summed E-state index contributed by atoms with van der Waals surface area (Å²) < 4.78 is 1.85. The molecule has 0 amide bonds. The fourth-order valence-corrected chi connectivity index (χ4v) is 1.04. The van der Waals surface area contributed by atoms with Crippen LogP contribution in [0, 0.1) is 0 Å². The van der Waals surface area contributed by atoms with Crippen molar-refractivity contribution in [1.29, 1.82) is 0 Å². The van der Waals surface area contributed by atoms with Crippen molar-refractivity contribution in [3.8, 4) is 0 Å². The summed E-state index contributed by atoms with van der Waals surface area (Å²) in [4.78, 5) is 8.00. The molecule has 14 heavy (non-hydrogen) atoms. The van der Waals surface area contributed by atoms with Crippen LogP contribution < -0.4 is 0 Å². The third-order valence-corrected chi connectivity index (χ3v) is 1.78. The van der Waals surface area contributed by atoms with Gasteiger partial charge < -0.3 is 0 Å². The molecule has 0 aliphatic rings. The average Bonchev–Trinajstić information content (AvgIpc) is 2.47. The van der Waals surface area contributed by atoms with Crippen molar-refractivity contribution < 1.29 is 0 Å². The Hall–Kier alpha value is -1.45. The van der Waals surface area contributed by atoms with Gasteiger partial charge in [0.05, 0.1) is 11.7 Å². The molecular weight excluding hydrogens is 176 g/mol. The normalized spacial score (nSPS) is 12.3. The number of rotatable bonds is 2. The Kier molecular flexibility index (Phi) is 2.84. The lowest BCUT2D eigenvalue weighted by Crippen LogP contribution is -2.21. The Labute approximate surface area is 84.4 Å². The van der Waals surface area contributed by atoms with Gasteiger partial charge in [0.15, 0.2) is 5.82 Å². The topological polar surface area (TPSA) is 42.5 Å². The van der Waals surface area contributed by atoms with Crippen molar-refractivity contribution in [3.05, 3.63) is 6.20 Å². The van der Waals surface area contributed by atoms with Gasteiger partial charge in [-0.3, -0.25) is 9.67 Å². The van der Waals surface area contributed by atoms with E-state index in [2.05, 4.69) is 42.6 Å². The first-order chi connectivity index (χ1) is 6.49. The molecule has 0 aliphatic carbocycles. The van der Waals surface area contributed by atoms with E-state index in [-0.39, 0.29) is 5.54 Å². The fraction of sp³-hybridized carbons (Fsp3) is 0.500.